The SMILES string of the molecule is Cc1nnc(S(=O)(=O)CCCl)c(C#N)c1C. The van der Waals surface area contributed by atoms with Gasteiger partial charge in [0.2, 0.25) is 0 Å². The molecule has 1 aromatic rings. The molecule has 0 aliphatic rings. The number of alkyl halides is 1. The van der Waals surface area contributed by atoms with Gasteiger partial charge in [-0.05, 0) is 19.4 Å². The average Bonchev–Trinajstić information content (AvgIpc) is 2.21. The van der Waals surface area contributed by atoms with Crippen LogP contribution in [0.5, 0.6) is 0 Å². The van der Waals surface area contributed by atoms with Gasteiger partial charge in [-0.3, -0.25) is 0 Å². The maximum absolute atomic E-state index is 11.7. The summed E-state index contributed by atoms with van der Waals surface area (Å²) in [7, 11) is -3.62. The van der Waals surface area contributed by atoms with Crippen molar-refractivity contribution in [2.24, 2.45) is 0 Å². The van der Waals surface area contributed by atoms with E-state index in [9.17, 15) is 8.42 Å². The summed E-state index contributed by atoms with van der Waals surface area (Å²) in [5.41, 5.74) is 1.13. The molecule has 0 radical (unpaired) electrons. The Morgan fingerprint density at radius 2 is 2.00 bits per heavy atom. The fraction of sp³-hybridized carbons (Fsp3) is 0.444. The molecule has 0 atom stereocenters. The molecule has 0 saturated carbocycles. The molecule has 86 valence electrons. The second-order valence-corrected chi connectivity index (χ2v) is 5.61. The van der Waals surface area contributed by atoms with E-state index in [2.05, 4.69) is 10.2 Å². The molecule has 0 amide bonds. The van der Waals surface area contributed by atoms with E-state index < -0.39 is 9.84 Å². The average molecular weight is 260 g/mol. The number of aryl methyl sites for hydroxylation is 1. The Morgan fingerprint density at radius 1 is 1.38 bits per heavy atom. The molecule has 0 aromatic carbocycles. The van der Waals surface area contributed by atoms with E-state index in [0.29, 0.717) is 11.3 Å². The van der Waals surface area contributed by atoms with Crippen molar-refractivity contribution in [3.63, 3.8) is 0 Å². The third-order valence-electron chi connectivity index (χ3n) is 2.17. The standard InChI is InChI=1S/C9H10ClN3O2S/c1-6-7(2)12-13-9(8(6)5-11)16(14,15)4-3-10/h3-4H2,1-2H3. The fourth-order valence-corrected chi connectivity index (χ4v) is 2.82. The lowest BCUT2D eigenvalue weighted by Gasteiger charge is -2.06. The maximum atomic E-state index is 11.7. The molecule has 16 heavy (non-hydrogen) atoms. The zero-order valence-electron chi connectivity index (χ0n) is 8.86. The first-order valence-corrected chi connectivity index (χ1v) is 6.65. The van der Waals surface area contributed by atoms with Crippen LogP contribution in [0.15, 0.2) is 5.03 Å². The van der Waals surface area contributed by atoms with Gasteiger partial charge in [0.15, 0.2) is 14.9 Å². The molecule has 0 unspecified atom stereocenters. The quantitative estimate of drug-likeness (QED) is 0.756. The van der Waals surface area contributed by atoms with Crippen LogP contribution in [0, 0.1) is 25.2 Å². The van der Waals surface area contributed by atoms with Crippen molar-refractivity contribution in [3.8, 4) is 6.07 Å². The predicted octanol–water partition coefficient (Wildman–Crippen LogP) is 0.978. The van der Waals surface area contributed by atoms with Crippen LogP contribution in [-0.2, 0) is 9.84 Å². The van der Waals surface area contributed by atoms with E-state index in [1.165, 1.54) is 0 Å². The number of aromatic nitrogens is 2. The van der Waals surface area contributed by atoms with Gasteiger partial charge in [0.1, 0.15) is 6.07 Å². The van der Waals surface area contributed by atoms with Gasteiger partial charge in [0.05, 0.1) is 17.0 Å². The van der Waals surface area contributed by atoms with Gasteiger partial charge in [0, 0.05) is 5.88 Å². The highest BCUT2D eigenvalue weighted by Crippen LogP contribution is 2.18. The Balaban J connectivity index is 3.49. The third kappa shape index (κ3) is 2.31. The van der Waals surface area contributed by atoms with E-state index >= 15 is 0 Å². The molecular formula is C9H10ClN3O2S. The molecule has 7 heteroatoms. The zero-order valence-corrected chi connectivity index (χ0v) is 10.4. The number of rotatable bonds is 3. The monoisotopic (exact) mass is 259 g/mol. The van der Waals surface area contributed by atoms with Crippen molar-refractivity contribution in [1.82, 2.24) is 10.2 Å². The van der Waals surface area contributed by atoms with Crippen molar-refractivity contribution < 1.29 is 8.42 Å². The van der Waals surface area contributed by atoms with Crippen molar-refractivity contribution in [1.29, 1.82) is 5.26 Å². The van der Waals surface area contributed by atoms with Crippen LogP contribution in [0.3, 0.4) is 0 Å². The van der Waals surface area contributed by atoms with Gasteiger partial charge in [0.25, 0.3) is 0 Å². The number of hydrogen-bond acceptors (Lipinski definition) is 5. The molecule has 0 aliphatic carbocycles. The molecule has 0 bridgehead atoms. The van der Waals surface area contributed by atoms with Gasteiger partial charge in [-0.2, -0.15) is 10.4 Å². The summed E-state index contributed by atoms with van der Waals surface area (Å²) in [5.74, 6) is -0.289. The highest BCUT2D eigenvalue weighted by atomic mass is 35.5. The topological polar surface area (TPSA) is 83.7 Å². The van der Waals surface area contributed by atoms with Crippen LogP contribution in [0.2, 0.25) is 0 Å². The lowest BCUT2D eigenvalue weighted by atomic mass is 10.1. The minimum Gasteiger partial charge on any atom is -0.222 e. The number of nitriles is 1. The summed E-state index contributed by atoms with van der Waals surface area (Å²) >= 11 is 5.39. The van der Waals surface area contributed by atoms with E-state index in [4.69, 9.17) is 16.9 Å². The second kappa shape index (κ2) is 4.76. The summed E-state index contributed by atoms with van der Waals surface area (Å²) in [5, 5.41) is 16.0. The van der Waals surface area contributed by atoms with E-state index in [-0.39, 0.29) is 22.2 Å². The maximum Gasteiger partial charge on any atom is 0.200 e. The molecule has 0 N–H and O–H groups in total. The summed E-state index contributed by atoms with van der Waals surface area (Å²) in [6, 6.07) is 1.84. The third-order valence-corrected chi connectivity index (χ3v) is 4.20. The summed E-state index contributed by atoms with van der Waals surface area (Å²) in [6.45, 7) is 3.31. The van der Waals surface area contributed by atoms with Crippen LogP contribution in [-0.4, -0.2) is 30.2 Å². The van der Waals surface area contributed by atoms with Crippen LogP contribution in [0.25, 0.3) is 0 Å². The Labute approximate surface area is 99.0 Å². The largest absolute Gasteiger partial charge is 0.222 e. The molecule has 5 nitrogen and oxygen atoms in total. The number of sulfone groups is 1. The van der Waals surface area contributed by atoms with Gasteiger partial charge < -0.3 is 0 Å². The Hall–Kier alpha value is -1.19. The molecule has 1 heterocycles. The molecular weight excluding hydrogens is 250 g/mol. The highest BCUT2D eigenvalue weighted by Gasteiger charge is 2.23. The predicted molar refractivity (Wildman–Crippen MR) is 59.0 cm³/mol. The van der Waals surface area contributed by atoms with Crippen molar-refractivity contribution in [2.75, 3.05) is 11.6 Å². The fourth-order valence-electron chi connectivity index (χ4n) is 1.13. The van der Waals surface area contributed by atoms with E-state index in [0.717, 1.165) is 0 Å². The number of nitrogens with zero attached hydrogens (tertiary/aromatic N) is 3. The number of halogens is 1. The van der Waals surface area contributed by atoms with Crippen molar-refractivity contribution in [2.45, 2.75) is 18.9 Å². The van der Waals surface area contributed by atoms with Crippen LogP contribution < -0.4 is 0 Å². The van der Waals surface area contributed by atoms with Crippen molar-refractivity contribution >= 4 is 21.4 Å². The molecule has 0 aliphatic heterocycles. The lowest BCUT2D eigenvalue weighted by molar-refractivity contribution is 0.590. The molecule has 1 aromatic heterocycles. The minimum absolute atomic E-state index is 0.0399. The highest BCUT2D eigenvalue weighted by molar-refractivity contribution is 7.91. The molecule has 0 spiro atoms. The first kappa shape index (κ1) is 12.9. The van der Waals surface area contributed by atoms with Gasteiger partial charge in [-0.25, -0.2) is 8.42 Å². The van der Waals surface area contributed by atoms with Gasteiger partial charge >= 0.3 is 0 Å². The minimum atomic E-state index is -3.62. The van der Waals surface area contributed by atoms with Gasteiger partial charge in [-0.1, -0.05) is 0 Å². The molecule has 0 fully saturated rings. The Bertz CT molecular complexity index is 549. The van der Waals surface area contributed by atoms with E-state index in [1.807, 2.05) is 6.07 Å². The molecule has 0 saturated heterocycles. The summed E-state index contributed by atoms with van der Waals surface area (Å²) < 4.78 is 23.5. The van der Waals surface area contributed by atoms with Crippen LogP contribution in [0.4, 0.5) is 0 Å². The van der Waals surface area contributed by atoms with Crippen LogP contribution in [0.1, 0.15) is 16.8 Å². The summed E-state index contributed by atoms with van der Waals surface area (Å²) in [4.78, 5) is 0. The first-order chi connectivity index (χ1) is 7.44. The Morgan fingerprint density at radius 3 is 2.50 bits per heavy atom. The summed E-state index contributed by atoms with van der Waals surface area (Å²) in [6.07, 6.45) is 0. The zero-order chi connectivity index (χ0) is 12.3. The second-order valence-electron chi connectivity index (χ2n) is 3.21. The Kier molecular flexibility index (Phi) is 3.83. The van der Waals surface area contributed by atoms with Gasteiger partial charge in [-0.15, -0.1) is 16.7 Å². The normalized spacial score (nSPS) is 11.1. The smallest absolute Gasteiger partial charge is 0.200 e. The molecule has 1 rings (SSSR count). The lowest BCUT2D eigenvalue weighted by Crippen LogP contribution is -2.14. The van der Waals surface area contributed by atoms with Crippen molar-refractivity contribution in [3.05, 3.63) is 16.8 Å². The number of hydrogen-bond donors (Lipinski definition) is 0. The van der Waals surface area contributed by atoms with E-state index in [1.54, 1.807) is 13.8 Å². The van der Waals surface area contributed by atoms with Crippen LogP contribution >= 0.6 is 11.6 Å². The first-order valence-electron chi connectivity index (χ1n) is 4.46.